The molecule has 1 N–H and O–H groups in total. The van der Waals surface area contributed by atoms with Crippen molar-refractivity contribution in [3.63, 3.8) is 0 Å². The number of fused-ring (bicyclic) bond motifs is 2. The number of hydrogen-bond donors (Lipinski definition) is 1. The number of methoxy groups -OCH3 is 2. The van der Waals surface area contributed by atoms with Crippen LogP contribution in [0.2, 0.25) is 5.02 Å². The number of nitrogens with one attached hydrogen (secondary N) is 1. The fourth-order valence-electron chi connectivity index (χ4n) is 3.74. The quantitative estimate of drug-likeness (QED) is 0.149. The number of ether oxygens (including phenoxy) is 2. The minimum absolute atomic E-state index is 0.0114. The maximum atomic E-state index is 11.7. The average Bonchev–Trinajstić information content (AvgIpc) is 3.51. The third-order valence-corrected chi connectivity index (χ3v) is 8.24. The Morgan fingerprint density at radius 2 is 1.62 bits per heavy atom. The molecule has 5 rings (SSSR count). The number of anilines is 2. The molecule has 218 valence electrons. The van der Waals surface area contributed by atoms with Gasteiger partial charge in [-0.1, -0.05) is 22.9 Å². The van der Waals surface area contributed by atoms with Gasteiger partial charge in [0.2, 0.25) is 5.95 Å². The first-order chi connectivity index (χ1) is 19.8. The van der Waals surface area contributed by atoms with E-state index in [1.807, 2.05) is 11.6 Å². The highest BCUT2D eigenvalue weighted by Crippen LogP contribution is 2.31. The van der Waals surface area contributed by atoms with Crippen molar-refractivity contribution in [1.82, 2.24) is 14.5 Å². The minimum Gasteiger partial charge on any atom is -0.465 e. The van der Waals surface area contributed by atoms with Crippen molar-refractivity contribution in [3.05, 3.63) is 80.9 Å². The number of nitro benzene ring substituents is 1. The van der Waals surface area contributed by atoms with Gasteiger partial charge in [-0.3, -0.25) is 10.1 Å². The standard InChI is InChI=1S/C18H16N4O4S2.C8H6ClNO4/c1-22-14-7-4-10(16(23)26-2)8-13(14)19-17(22)21-18-20-12-6-5-11(28(3,24)25)9-15(12)27-18;1-14-8(11)5-2-3-6(9)7(4-5)10(12)13/h4-9H,1-3H3,(H,19,20,21);2-4H,1H3. The Hall–Kier alpha value is -4.60. The maximum absolute atomic E-state index is 11.7. The Morgan fingerprint density at radius 1 is 0.976 bits per heavy atom. The molecule has 0 saturated heterocycles. The Balaban J connectivity index is 0.000000244. The summed E-state index contributed by atoms with van der Waals surface area (Å²) < 4.78 is 35.2. The third kappa shape index (κ3) is 6.48. The summed E-state index contributed by atoms with van der Waals surface area (Å²) in [7, 11) is 1.11. The van der Waals surface area contributed by atoms with Crippen molar-refractivity contribution in [2.45, 2.75) is 4.90 Å². The van der Waals surface area contributed by atoms with E-state index in [0.717, 1.165) is 16.3 Å². The molecule has 0 amide bonds. The van der Waals surface area contributed by atoms with E-state index in [4.69, 9.17) is 16.3 Å². The van der Waals surface area contributed by atoms with Gasteiger partial charge in [-0.25, -0.2) is 28.0 Å². The summed E-state index contributed by atoms with van der Waals surface area (Å²) in [6.07, 6.45) is 1.18. The highest BCUT2D eigenvalue weighted by atomic mass is 35.5. The second-order valence-electron chi connectivity index (χ2n) is 8.65. The van der Waals surface area contributed by atoms with Crippen molar-refractivity contribution in [3.8, 4) is 0 Å². The van der Waals surface area contributed by atoms with Gasteiger partial charge in [-0.15, -0.1) is 0 Å². The van der Waals surface area contributed by atoms with Crippen LogP contribution in [0.3, 0.4) is 0 Å². The van der Waals surface area contributed by atoms with Crippen LogP contribution in [-0.4, -0.2) is 60.3 Å². The van der Waals surface area contributed by atoms with Gasteiger partial charge >= 0.3 is 11.9 Å². The normalized spacial score (nSPS) is 11.1. The number of sulfone groups is 1. The van der Waals surface area contributed by atoms with Gasteiger partial charge in [0.05, 0.1) is 56.4 Å². The van der Waals surface area contributed by atoms with Crippen molar-refractivity contribution < 1.29 is 32.4 Å². The number of hydrogen-bond acceptors (Lipinski definition) is 12. The van der Waals surface area contributed by atoms with E-state index in [9.17, 15) is 28.1 Å². The van der Waals surface area contributed by atoms with Crippen LogP contribution < -0.4 is 5.32 Å². The average molecular weight is 632 g/mol. The minimum atomic E-state index is -3.28. The van der Waals surface area contributed by atoms with Gasteiger partial charge in [0.25, 0.3) is 5.69 Å². The predicted octanol–water partition coefficient (Wildman–Crippen LogP) is 5.15. The van der Waals surface area contributed by atoms with E-state index in [2.05, 4.69) is 20.0 Å². The molecule has 0 aliphatic heterocycles. The summed E-state index contributed by atoms with van der Waals surface area (Å²) in [6, 6.07) is 13.7. The van der Waals surface area contributed by atoms with E-state index in [-0.39, 0.29) is 21.2 Å². The molecular formula is C26H22ClN5O8S2. The van der Waals surface area contributed by atoms with Gasteiger partial charge in [-0.2, -0.15) is 0 Å². The topological polar surface area (TPSA) is 173 Å². The predicted molar refractivity (Wildman–Crippen MR) is 158 cm³/mol. The fraction of sp³-hybridized carbons (Fsp3) is 0.154. The van der Waals surface area contributed by atoms with Gasteiger partial charge in [-0.05, 0) is 48.5 Å². The van der Waals surface area contributed by atoms with Gasteiger partial charge in [0.1, 0.15) is 5.02 Å². The number of nitro groups is 1. The number of benzene rings is 3. The van der Waals surface area contributed by atoms with E-state index in [0.29, 0.717) is 27.7 Å². The molecule has 0 saturated carbocycles. The molecule has 2 heterocycles. The van der Waals surface area contributed by atoms with Crippen LogP contribution in [0.15, 0.2) is 59.5 Å². The zero-order valence-corrected chi connectivity index (χ0v) is 24.8. The lowest BCUT2D eigenvalue weighted by atomic mass is 10.2. The number of halogens is 1. The highest BCUT2D eigenvalue weighted by molar-refractivity contribution is 7.90. The lowest BCUT2D eigenvalue weighted by Crippen LogP contribution is -2.02. The van der Waals surface area contributed by atoms with Crippen molar-refractivity contribution in [2.75, 3.05) is 25.8 Å². The molecule has 0 unspecified atom stereocenters. The van der Waals surface area contributed by atoms with Crippen molar-refractivity contribution >= 4 is 82.7 Å². The second kappa shape index (κ2) is 12.1. The van der Waals surface area contributed by atoms with Crippen LogP contribution in [0.4, 0.5) is 16.8 Å². The summed E-state index contributed by atoms with van der Waals surface area (Å²) >= 11 is 6.88. The van der Waals surface area contributed by atoms with Gasteiger partial charge in [0, 0.05) is 19.4 Å². The number of aryl methyl sites for hydroxylation is 1. The van der Waals surface area contributed by atoms with Crippen LogP contribution in [-0.2, 0) is 26.4 Å². The summed E-state index contributed by atoms with van der Waals surface area (Å²) in [6.45, 7) is 0. The fourth-order valence-corrected chi connectivity index (χ4v) is 5.55. The Bertz CT molecular complexity index is 1970. The number of imidazole rings is 1. The molecule has 0 aliphatic rings. The number of carbonyl (C=O) groups excluding carboxylic acids is 2. The zero-order chi connectivity index (χ0) is 30.8. The largest absolute Gasteiger partial charge is 0.465 e. The van der Waals surface area contributed by atoms with Crippen molar-refractivity contribution in [1.29, 1.82) is 0 Å². The highest BCUT2D eigenvalue weighted by Gasteiger charge is 2.17. The first kappa shape index (κ1) is 30.4. The van der Waals surface area contributed by atoms with Crippen LogP contribution >= 0.6 is 22.9 Å². The first-order valence-electron chi connectivity index (χ1n) is 11.8. The van der Waals surface area contributed by atoms with E-state index >= 15 is 0 Å². The molecule has 3 aromatic carbocycles. The van der Waals surface area contributed by atoms with Crippen LogP contribution in [0.5, 0.6) is 0 Å². The molecule has 0 bridgehead atoms. The lowest BCUT2D eigenvalue weighted by Gasteiger charge is -2.02. The molecule has 0 atom stereocenters. The molecule has 5 aromatic rings. The molecule has 0 fully saturated rings. The molecule has 0 radical (unpaired) electrons. The smallest absolute Gasteiger partial charge is 0.338 e. The van der Waals surface area contributed by atoms with Crippen LogP contribution in [0, 0.1) is 10.1 Å². The number of aromatic nitrogens is 3. The van der Waals surface area contributed by atoms with Crippen molar-refractivity contribution in [2.24, 2.45) is 7.05 Å². The number of nitrogens with zero attached hydrogens (tertiary/aromatic N) is 4. The Labute approximate surface area is 247 Å². The van der Waals surface area contributed by atoms with Crippen LogP contribution in [0.25, 0.3) is 21.3 Å². The summed E-state index contributed by atoms with van der Waals surface area (Å²) in [5.74, 6) is -0.501. The number of esters is 2. The Morgan fingerprint density at radius 3 is 2.24 bits per heavy atom. The molecule has 42 heavy (non-hydrogen) atoms. The van der Waals surface area contributed by atoms with Gasteiger partial charge in [0.15, 0.2) is 15.0 Å². The Kier molecular flexibility index (Phi) is 8.75. The molecule has 0 aliphatic carbocycles. The van der Waals surface area contributed by atoms with E-state index in [1.165, 1.54) is 43.9 Å². The number of thiazole rings is 1. The zero-order valence-electron chi connectivity index (χ0n) is 22.4. The molecule has 0 spiro atoms. The summed E-state index contributed by atoms with van der Waals surface area (Å²) in [5.41, 5.74) is 2.40. The monoisotopic (exact) mass is 631 g/mol. The summed E-state index contributed by atoms with van der Waals surface area (Å²) in [4.78, 5) is 41.8. The molecule has 16 heteroatoms. The van der Waals surface area contributed by atoms with Crippen LogP contribution in [0.1, 0.15) is 20.7 Å². The number of rotatable bonds is 6. The maximum Gasteiger partial charge on any atom is 0.338 e. The molecular weight excluding hydrogens is 610 g/mol. The van der Waals surface area contributed by atoms with Gasteiger partial charge < -0.3 is 19.4 Å². The number of carbonyl (C=O) groups is 2. The second-order valence-corrected chi connectivity index (χ2v) is 12.1. The lowest BCUT2D eigenvalue weighted by molar-refractivity contribution is -0.384. The first-order valence-corrected chi connectivity index (χ1v) is 14.9. The molecule has 13 nitrogen and oxygen atoms in total. The van der Waals surface area contributed by atoms with E-state index in [1.54, 1.807) is 36.4 Å². The van der Waals surface area contributed by atoms with E-state index < -0.39 is 26.7 Å². The SMILES string of the molecule is COC(=O)c1ccc(Cl)c([N+](=O)[O-])c1.COC(=O)c1ccc2c(c1)nc(Nc1nc3ccc(S(C)(=O)=O)cc3s1)n2C. The molecule has 2 aromatic heterocycles. The third-order valence-electron chi connectivity index (χ3n) is 5.87. The summed E-state index contributed by atoms with van der Waals surface area (Å²) in [5, 5.41) is 14.2.